The lowest BCUT2D eigenvalue weighted by molar-refractivity contribution is -0.132. The van der Waals surface area contributed by atoms with Crippen molar-refractivity contribution < 1.29 is 14.4 Å². The first-order valence-electron chi connectivity index (χ1n) is 8.88. The Morgan fingerprint density at radius 1 is 1.04 bits per heavy atom. The number of nitrogens with zero attached hydrogens (tertiary/aromatic N) is 1. The first-order valence-corrected chi connectivity index (χ1v) is 8.88. The van der Waals surface area contributed by atoms with E-state index in [-0.39, 0.29) is 18.2 Å². The molecular formula is C19H22N2O3. The van der Waals surface area contributed by atoms with E-state index >= 15 is 0 Å². The van der Waals surface area contributed by atoms with E-state index in [0.29, 0.717) is 18.4 Å². The number of urea groups is 1. The molecular weight excluding hydrogens is 304 g/mol. The SMILES string of the molecule is O=C(CN1C(=O)NC2(CCCCC2)C1=O)c1ccc2c(c1)CCC2. The molecule has 2 fully saturated rings. The Hall–Kier alpha value is -2.17. The third-order valence-electron chi connectivity index (χ3n) is 5.68. The molecule has 0 unspecified atom stereocenters. The van der Waals surface area contributed by atoms with Crippen molar-refractivity contribution >= 4 is 17.7 Å². The van der Waals surface area contributed by atoms with Gasteiger partial charge >= 0.3 is 6.03 Å². The van der Waals surface area contributed by atoms with Gasteiger partial charge in [0.15, 0.2) is 5.78 Å². The zero-order valence-corrected chi connectivity index (χ0v) is 13.8. The second-order valence-corrected chi connectivity index (χ2v) is 7.22. The molecule has 1 aliphatic heterocycles. The molecule has 1 saturated heterocycles. The molecule has 1 N–H and O–H groups in total. The lowest BCUT2D eigenvalue weighted by atomic mass is 9.82. The van der Waals surface area contributed by atoms with Crippen molar-refractivity contribution in [2.45, 2.75) is 56.9 Å². The number of aryl methyl sites for hydroxylation is 2. The van der Waals surface area contributed by atoms with E-state index in [9.17, 15) is 14.4 Å². The minimum atomic E-state index is -0.756. The first kappa shape index (κ1) is 15.4. The topological polar surface area (TPSA) is 66.5 Å². The van der Waals surface area contributed by atoms with Crippen LogP contribution >= 0.6 is 0 Å². The fourth-order valence-corrected chi connectivity index (χ4v) is 4.29. The second kappa shape index (κ2) is 5.72. The van der Waals surface area contributed by atoms with Gasteiger partial charge in [-0.1, -0.05) is 31.4 Å². The van der Waals surface area contributed by atoms with Crippen LogP contribution in [0.5, 0.6) is 0 Å². The highest BCUT2D eigenvalue weighted by molar-refractivity contribution is 6.11. The summed E-state index contributed by atoms with van der Waals surface area (Å²) in [6.45, 7) is -0.162. The highest BCUT2D eigenvalue weighted by Gasteiger charge is 2.51. The van der Waals surface area contributed by atoms with E-state index in [0.717, 1.165) is 43.4 Å². The van der Waals surface area contributed by atoms with Crippen molar-refractivity contribution in [2.24, 2.45) is 0 Å². The normalized spacial score (nSPS) is 21.9. The van der Waals surface area contributed by atoms with E-state index in [4.69, 9.17) is 0 Å². The molecule has 1 aromatic rings. The van der Waals surface area contributed by atoms with Gasteiger partial charge in [0.25, 0.3) is 5.91 Å². The van der Waals surface area contributed by atoms with Crippen LogP contribution in [0.2, 0.25) is 0 Å². The predicted molar refractivity (Wildman–Crippen MR) is 88.9 cm³/mol. The maximum absolute atomic E-state index is 12.7. The highest BCUT2D eigenvalue weighted by atomic mass is 16.2. The minimum Gasteiger partial charge on any atom is -0.323 e. The molecule has 5 nitrogen and oxygen atoms in total. The van der Waals surface area contributed by atoms with Crippen molar-refractivity contribution in [1.29, 1.82) is 0 Å². The van der Waals surface area contributed by atoms with Gasteiger partial charge in [0.1, 0.15) is 5.54 Å². The van der Waals surface area contributed by atoms with Crippen molar-refractivity contribution in [2.75, 3.05) is 6.54 Å². The third-order valence-corrected chi connectivity index (χ3v) is 5.68. The number of amides is 3. The number of ketones is 1. The molecule has 5 heteroatoms. The van der Waals surface area contributed by atoms with E-state index in [1.54, 1.807) is 0 Å². The Kier molecular flexibility index (Phi) is 3.66. The molecule has 1 saturated carbocycles. The van der Waals surface area contributed by atoms with Gasteiger partial charge in [-0.2, -0.15) is 0 Å². The summed E-state index contributed by atoms with van der Waals surface area (Å²) in [6.07, 6.45) is 7.54. The van der Waals surface area contributed by atoms with Crippen molar-refractivity contribution in [1.82, 2.24) is 10.2 Å². The van der Waals surface area contributed by atoms with Crippen LogP contribution in [-0.2, 0) is 17.6 Å². The Labute approximate surface area is 141 Å². The maximum atomic E-state index is 12.7. The van der Waals surface area contributed by atoms with Gasteiger partial charge in [0.2, 0.25) is 0 Å². The molecule has 1 spiro atoms. The summed E-state index contributed by atoms with van der Waals surface area (Å²) < 4.78 is 0. The monoisotopic (exact) mass is 326 g/mol. The molecule has 2 aliphatic carbocycles. The summed E-state index contributed by atoms with van der Waals surface area (Å²) in [5.41, 5.74) is 2.37. The average molecular weight is 326 g/mol. The Morgan fingerprint density at radius 2 is 1.79 bits per heavy atom. The second-order valence-electron chi connectivity index (χ2n) is 7.22. The van der Waals surface area contributed by atoms with Crippen molar-refractivity contribution in [3.05, 3.63) is 34.9 Å². The highest BCUT2D eigenvalue weighted by Crippen LogP contribution is 2.33. The van der Waals surface area contributed by atoms with Crippen LogP contribution in [0.3, 0.4) is 0 Å². The lowest BCUT2D eigenvalue weighted by Crippen LogP contribution is -2.48. The van der Waals surface area contributed by atoms with E-state index in [1.165, 1.54) is 11.1 Å². The molecule has 4 rings (SSSR count). The zero-order chi connectivity index (χ0) is 16.7. The number of Topliss-reactive ketones (excluding diaryl/α,β-unsaturated/α-hetero) is 1. The standard InChI is InChI=1S/C19H22N2O3/c22-16(15-8-7-13-5-4-6-14(13)11-15)12-21-17(23)19(20-18(21)24)9-2-1-3-10-19/h7-8,11H,1-6,9-10,12H2,(H,20,24). The molecule has 3 amide bonds. The first-order chi connectivity index (χ1) is 11.6. The number of fused-ring (bicyclic) bond motifs is 1. The maximum Gasteiger partial charge on any atom is 0.325 e. The molecule has 0 atom stereocenters. The van der Waals surface area contributed by atoms with Gasteiger partial charge in [-0.15, -0.1) is 0 Å². The number of carbonyl (C=O) groups excluding carboxylic acids is 3. The van der Waals surface area contributed by atoms with E-state index < -0.39 is 11.6 Å². The van der Waals surface area contributed by atoms with Crippen LogP contribution in [0.15, 0.2) is 18.2 Å². The summed E-state index contributed by atoms with van der Waals surface area (Å²) in [6, 6.07) is 5.33. The lowest BCUT2D eigenvalue weighted by Gasteiger charge is -2.30. The summed E-state index contributed by atoms with van der Waals surface area (Å²) in [7, 11) is 0. The van der Waals surface area contributed by atoms with Gasteiger partial charge in [-0.3, -0.25) is 14.5 Å². The van der Waals surface area contributed by atoms with Gasteiger partial charge < -0.3 is 5.32 Å². The van der Waals surface area contributed by atoms with Gasteiger partial charge in [-0.25, -0.2) is 4.79 Å². The van der Waals surface area contributed by atoms with Crippen LogP contribution in [0, 0.1) is 0 Å². The minimum absolute atomic E-state index is 0.162. The molecule has 1 heterocycles. The van der Waals surface area contributed by atoms with E-state index in [2.05, 4.69) is 5.32 Å². The van der Waals surface area contributed by atoms with Crippen LogP contribution in [0.25, 0.3) is 0 Å². The molecule has 126 valence electrons. The number of rotatable bonds is 3. The van der Waals surface area contributed by atoms with Crippen LogP contribution in [0.4, 0.5) is 4.79 Å². The Morgan fingerprint density at radius 3 is 2.58 bits per heavy atom. The summed E-state index contributed by atoms with van der Waals surface area (Å²) in [5, 5.41) is 2.85. The quantitative estimate of drug-likeness (QED) is 0.686. The number of hydrogen-bond acceptors (Lipinski definition) is 3. The Bertz CT molecular complexity index is 719. The third kappa shape index (κ3) is 2.43. The number of carbonyl (C=O) groups is 3. The molecule has 0 bridgehead atoms. The fourth-order valence-electron chi connectivity index (χ4n) is 4.29. The number of benzene rings is 1. The number of imide groups is 1. The number of hydrogen-bond donors (Lipinski definition) is 1. The van der Waals surface area contributed by atoms with Gasteiger partial charge in [0, 0.05) is 5.56 Å². The fraction of sp³-hybridized carbons (Fsp3) is 0.526. The largest absolute Gasteiger partial charge is 0.325 e. The summed E-state index contributed by atoms with van der Waals surface area (Å²) in [4.78, 5) is 38.7. The van der Waals surface area contributed by atoms with Crippen LogP contribution in [-0.4, -0.2) is 34.7 Å². The summed E-state index contributed by atoms with van der Waals surface area (Å²) in [5.74, 6) is -0.386. The number of nitrogens with one attached hydrogen (secondary N) is 1. The zero-order valence-electron chi connectivity index (χ0n) is 13.8. The van der Waals surface area contributed by atoms with Crippen LogP contribution in [0.1, 0.15) is 60.0 Å². The van der Waals surface area contributed by atoms with Crippen molar-refractivity contribution in [3.63, 3.8) is 0 Å². The summed E-state index contributed by atoms with van der Waals surface area (Å²) >= 11 is 0. The molecule has 3 aliphatic rings. The smallest absolute Gasteiger partial charge is 0.323 e. The Balaban J connectivity index is 1.51. The van der Waals surface area contributed by atoms with Gasteiger partial charge in [0.05, 0.1) is 6.54 Å². The molecule has 24 heavy (non-hydrogen) atoms. The predicted octanol–water partition coefficient (Wildman–Crippen LogP) is 2.61. The van der Waals surface area contributed by atoms with Crippen LogP contribution < -0.4 is 5.32 Å². The van der Waals surface area contributed by atoms with Gasteiger partial charge in [-0.05, 0) is 49.3 Å². The molecule has 0 radical (unpaired) electrons. The molecule has 0 aromatic heterocycles. The van der Waals surface area contributed by atoms with Crippen molar-refractivity contribution in [3.8, 4) is 0 Å². The van der Waals surface area contributed by atoms with E-state index in [1.807, 2.05) is 18.2 Å². The average Bonchev–Trinajstić information content (AvgIpc) is 3.14. The molecule has 1 aromatic carbocycles.